The number of ether oxygens (including phenoxy) is 2. The Balaban J connectivity index is 0.00000450. The van der Waals surface area contributed by atoms with E-state index < -0.39 is 6.10 Å². The predicted octanol–water partition coefficient (Wildman–Crippen LogP) is 3.70. The SMILES string of the molecule is [CH2-]COC(=O)CCC/C=C\C[C@@H]1[C@@H](COc2ccc(CCO)cc2)[C@H](O)C[C@H]1Cl.[Y]. The van der Waals surface area contributed by atoms with Gasteiger partial charge in [-0.2, -0.15) is 0 Å². The van der Waals surface area contributed by atoms with E-state index >= 15 is 0 Å². The molecule has 0 spiro atoms. The number of unbranched alkanes of at least 4 members (excludes halogenated alkanes) is 1. The molecule has 0 aromatic heterocycles. The molecule has 1 aliphatic carbocycles. The van der Waals surface area contributed by atoms with Gasteiger partial charge < -0.3 is 26.6 Å². The van der Waals surface area contributed by atoms with Crippen LogP contribution in [0.3, 0.4) is 0 Å². The number of hydrogen-bond acceptors (Lipinski definition) is 5. The minimum absolute atomic E-state index is 0. The van der Waals surface area contributed by atoms with Crippen LogP contribution in [-0.4, -0.2) is 47.5 Å². The van der Waals surface area contributed by atoms with Gasteiger partial charge in [-0.15, -0.1) is 11.6 Å². The molecule has 2 rings (SSSR count). The van der Waals surface area contributed by atoms with Crippen molar-refractivity contribution >= 4 is 17.6 Å². The van der Waals surface area contributed by atoms with Gasteiger partial charge in [-0.1, -0.05) is 24.3 Å². The molecule has 0 unspecified atom stereocenters. The first kappa shape index (κ1) is 27.6. The van der Waals surface area contributed by atoms with Gasteiger partial charge in [0.05, 0.1) is 12.7 Å². The van der Waals surface area contributed by atoms with E-state index in [-0.39, 0.29) is 69.1 Å². The monoisotopic (exact) mass is 512 g/mol. The molecule has 7 heteroatoms. The zero-order chi connectivity index (χ0) is 21.1. The Morgan fingerprint density at radius 1 is 1.23 bits per heavy atom. The van der Waals surface area contributed by atoms with E-state index in [2.05, 4.69) is 19.1 Å². The fourth-order valence-electron chi connectivity index (χ4n) is 3.69. The van der Waals surface area contributed by atoms with Gasteiger partial charge in [0.25, 0.3) is 0 Å². The van der Waals surface area contributed by atoms with Crippen LogP contribution in [0.1, 0.15) is 37.7 Å². The molecule has 1 saturated carbocycles. The third-order valence-corrected chi connectivity index (χ3v) is 5.83. The van der Waals surface area contributed by atoms with Gasteiger partial charge in [0.1, 0.15) is 5.75 Å². The molecule has 1 fully saturated rings. The van der Waals surface area contributed by atoms with Crippen LogP contribution in [0, 0.1) is 18.8 Å². The summed E-state index contributed by atoms with van der Waals surface area (Å²) in [6.45, 7) is 4.20. The van der Waals surface area contributed by atoms with E-state index in [9.17, 15) is 9.90 Å². The van der Waals surface area contributed by atoms with Crippen molar-refractivity contribution < 1.29 is 57.2 Å². The van der Waals surface area contributed by atoms with Gasteiger partial charge in [-0.3, -0.25) is 4.79 Å². The Labute approximate surface area is 210 Å². The van der Waals surface area contributed by atoms with Crippen molar-refractivity contribution in [2.75, 3.05) is 19.8 Å². The summed E-state index contributed by atoms with van der Waals surface area (Å²) in [5.74, 6) is 0.661. The molecule has 1 aliphatic rings. The van der Waals surface area contributed by atoms with Crippen LogP contribution in [0.4, 0.5) is 0 Å². The van der Waals surface area contributed by atoms with Crippen molar-refractivity contribution in [3.63, 3.8) is 0 Å². The summed E-state index contributed by atoms with van der Waals surface area (Å²) in [5, 5.41) is 19.3. The maximum Gasteiger partial charge on any atom is 0.303 e. The standard InChI is InChI=1S/C23H32ClO5.Y/c1-2-28-23(27)8-6-4-3-5-7-19-20(22(26)15-21(19)24)16-29-18-11-9-17(10-12-18)13-14-25;/h3,5,9-12,19-22,25-26H,1-2,4,6-8,13-16H2;/q-1;/b5-3-;/t19-,20-,21-,22-;/m1./s1. The van der Waals surface area contributed by atoms with Gasteiger partial charge in [0, 0.05) is 57.0 Å². The van der Waals surface area contributed by atoms with Crippen LogP contribution in [-0.2, 0) is 48.7 Å². The third-order valence-electron chi connectivity index (χ3n) is 5.33. The molecule has 1 aromatic carbocycles. The molecule has 1 radical (unpaired) electrons. The largest absolute Gasteiger partial charge is 0.499 e. The maximum atomic E-state index is 11.3. The van der Waals surface area contributed by atoms with Gasteiger partial charge in [-0.05, 0) is 62.3 Å². The molecule has 0 amide bonds. The number of carbonyl (C=O) groups excluding carboxylic acids is 1. The zero-order valence-corrected chi connectivity index (χ0v) is 21.0. The van der Waals surface area contributed by atoms with Crippen LogP contribution in [0.5, 0.6) is 5.75 Å². The van der Waals surface area contributed by atoms with E-state index in [1.165, 1.54) is 0 Å². The topological polar surface area (TPSA) is 76.0 Å². The number of hydrogen-bond donors (Lipinski definition) is 2. The first-order valence-electron chi connectivity index (χ1n) is 10.3. The average molecular weight is 513 g/mol. The molecule has 1 aromatic rings. The fraction of sp³-hybridized carbons (Fsp3) is 0.565. The van der Waals surface area contributed by atoms with Crippen LogP contribution >= 0.6 is 11.6 Å². The molecular weight excluding hydrogens is 481 g/mol. The Morgan fingerprint density at radius 2 is 1.97 bits per heavy atom. The Bertz CT molecular complexity index is 637. The molecule has 0 bridgehead atoms. The summed E-state index contributed by atoms with van der Waals surface area (Å²) in [6.07, 6.45) is 7.58. The van der Waals surface area contributed by atoms with Crippen molar-refractivity contribution in [3.8, 4) is 5.75 Å². The smallest absolute Gasteiger partial charge is 0.303 e. The molecular formula is C23H32ClO5Y-. The minimum Gasteiger partial charge on any atom is -0.499 e. The number of aliphatic hydroxyl groups excluding tert-OH is 2. The van der Waals surface area contributed by atoms with Crippen LogP contribution < -0.4 is 4.74 Å². The Morgan fingerprint density at radius 3 is 2.63 bits per heavy atom. The van der Waals surface area contributed by atoms with Gasteiger partial charge in [-0.25, -0.2) is 0 Å². The average Bonchev–Trinajstić information content (AvgIpc) is 2.97. The Hall–Kier alpha value is -0.456. The first-order chi connectivity index (χ1) is 14.0. The molecule has 0 heterocycles. The number of halogens is 1. The zero-order valence-electron chi connectivity index (χ0n) is 17.4. The van der Waals surface area contributed by atoms with E-state index in [1.54, 1.807) is 0 Å². The van der Waals surface area contributed by atoms with E-state index in [0.717, 1.165) is 30.6 Å². The predicted molar refractivity (Wildman–Crippen MR) is 114 cm³/mol. The van der Waals surface area contributed by atoms with Crippen molar-refractivity contribution in [1.29, 1.82) is 0 Å². The summed E-state index contributed by atoms with van der Waals surface area (Å²) in [7, 11) is 0. The summed E-state index contributed by atoms with van der Waals surface area (Å²) in [4.78, 5) is 11.3. The van der Waals surface area contributed by atoms with Crippen molar-refractivity contribution in [3.05, 3.63) is 48.9 Å². The van der Waals surface area contributed by atoms with Crippen LogP contribution in [0.2, 0.25) is 0 Å². The molecule has 2 N–H and O–H groups in total. The van der Waals surface area contributed by atoms with Gasteiger partial charge >= 0.3 is 5.97 Å². The molecule has 4 atom stereocenters. The molecule has 30 heavy (non-hydrogen) atoms. The minimum atomic E-state index is -0.470. The first-order valence-corrected chi connectivity index (χ1v) is 10.7. The van der Waals surface area contributed by atoms with Gasteiger partial charge in [0.15, 0.2) is 0 Å². The number of benzene rings is 1. The van der Waals surface area contributed by atoms with Crippen molar-refractivity contribution in [1.82, 2.24) is 0 Å². The summed E-state index contributed by atoms with van der Waals surface area (Å²) >= 11 is 6.48. The molecule has 165 valence electrons. The number of carbonyl (C=O) groups is 1. The number of aliphatic hydroxyl groups is 2. The van der Waals surface area contributed by atoms with E-state index in [4.69, 9.17) is 26.2 Å². The third kappa shape index (κ3) is 9.36. The summed E-state index contributed by atoms with van der Waals surface area (Å²) in [6, 6.07) is 7.65. The maximum absolute atomic E-state index is 11.3. The van der Waals surface area contributed by atoms with E-state index in [0.29, 0.717) is 25.9 Å². The second-order valence-electron chi connectivity index (χ2n) is 7.40. The van der Waals surface area contributed by atoms with Crippen LogP contribution in [0.15, 0.2) is 36.4 Å². The second kappa shape index (κ2) is 15.4. The number of esters is 1. The van der Waals surface area contributed by atoms with E-state index in [1.807, 2.05) is 24.3 Å². The number of alkyl halides is 1. The fourth-order valence-corrected chi connectivity index (χ4v) is 4.16. The normalized spacial score (nSPS) is 23.3. The van der Waals surface area contributed by atoms with Gasteiger partial charge in [0.2, 0.25) is 0 Å². The summed E-state index contributed by atoms with van der Waals surface area (Å²) in [5.41, 5.74) is 1.06. The molecule has 5 nitrogen and oxygen atoms in total. The molecule has 0 aliphatic heterocycles. The second-order valence-corrected chi connectivity index (χ2v) is 7.96. The number of allylic oxidation sites excluding steroid dienone is 2. The quantitative estimate of drug-likeness (QED) is 0.147. The Kier molecular flexibility index (Phi) is 14.1. The van der Waals surface area contributed by atoms with Crippen LogP contribution in [0.25, 0.3) is 0 Å². The van der Waals surface area contributed by atoms with Crippen molar-refractivity contribution in [2.24, 2.45) is 11.8 Å². The summed E-state index contributed by atoms with van der Waals surface area (Å²) < 4.78 is 10.7. The van der Waals surface area contributed by atoms with Crippen molar-refractivity contribution in [2.45, 2.75) is 50.0 Å². The molecule has 0 saturated heterocycles. The number of rotatable bonds is 12.